The van der Waals surface area contributed by atoms with E-state index in [1.807, 2.05) is 6.92 Å². The third-order valence-corrected chi connectivity index (χ3v) is 9.17. The van der Waals surface area contributed by atoms with Crippen LogP contribution in [0.25, 0.3) is 0 Å². The molecule has 0 saturated heterocycles. The number of carboxylic acids is 1. The van der Waals surface area contributed by atoms with Gasteiger partial charge in [-0.1, -0.05) is 63.2 Å². The molecule has 6 nitrogen and oxygen atoms in total. The molecule has 2 aliphatic carbocycles. The van der Waals surface area contributed by atoms with Gasteiger partial charge in [0.2, 0.25) is 0 Å². The van der Waals surface area contributed by atoms with Gasteiger partial charge in [-0.05, 0) is 79.5 Å². The molecule has 7 heteroatoms. The maximum atomic E-state index is 13.3. The van der Waals surface area contributed by atoms with Crippen molar-refractivity contribution in [1.82, 2.24) is 0 Å². The van der Waals surface area contributed by atoms with Gasteiger partial charge in [-0.15, -0.1) is 0 Å². The molecule has 1 fully saturated rings. The summed E-state index contributed by atoms with van der Waals surface area (Å²) in [5.74, 6) is 0.699. The quantitative estimate of drug-likeness (QED) is 0.279. The van der Waals surface area contributed by atoms with E-state index in [1.165, 1.54) is 76.7 Å². The Kier molecular flexibility index (Phi) is 8.95. The summed E-state index contributed by atoms with van der Waals surface area (Å²) in [6, 6.07) is 9.60. The van der Waals surface area contributed by atoms with E-state index in [0.29, 0.717) is 5.92 Å². The molecule has 0 aliphatic heterocycles. The summed E-state index contributed by atoms with van der Waals surface area (Å²) in [5.41, 5.74) is 2.13. The lowest BCUT2D eigenvalue weighted by molar-refractivity contribution is 0.0696. The van der Waals surface area contributed by atoms with Crippen LogP contribution in [0.5, 0.6) is 5.75 Å². The van der Waals surface area contributed by atoms with E-state index in [1.54, 1.807) is 12.1 Å². The molecular formula is C30H39NO5S. The van der Waals surface area contributed by atoms with Crippen molar-refractivity contribution in [2.45, 2.75) is 81.9 Å². The molecular weight excluding hydrogens is 486 g/mol. The first kappa shape index (κ1) is 27.2. The second-order valence-electron chi connectivity index (χ2n) is 10.7. The maximum Gasteiger partial charge on any atom is 0.335 e. The van der Waals surface area contributed by atoms with Crippen LogP contribution in [0.1, 0.15) is 91.6 Å². The first-order valence-corrected chi connectivity index (χ1v) is 15.0. The van der Waals surface area contributed by atoms with Gasteiger partial charge in [0.15, 0.2) is 0 Å². The summed E-state index contributed by atoms with van der Waals surface area (Å²) in [6.45, 7) is 1.92. The van der Waals surface area contributed by atoms with Crippen LogP contribution >= 0.6 is 0 Å². The zero-order chi connectivity index (χ0) is 26.4. The number of carbonyl (C=O) groups is 1. The van der Waals surface area contributed by atoms with Gasteiger partial charge in [-0.2, -0.15) is 0 Å². The lowest BCUT2D eigenvalue weighted by Crippen LogP contribution is -2.15. The zero-order valence-electron chi connectivity index (χ0n) is 21.9. The second-order valence-corrected chi connectivity index (χ2v) is 12.4. The SMILES string of the molecule is COc1cc(C(=O)O)ccc1NS(=O)(=O)c1cc(C)cc(C2C=CC(CC3CCCCCC3)CCC2)c1. The largest absolute Gasteiger partial charge is 0.495 e. The van der Waals surface area contributed by atoms with E-state index < -0.39 is 16.0 Å². The predicted molar refractivity (Wildman–Crippen MR) is 147 cm³/mol. The number of carboxylic acid groups (broad SMARTS) is 1. The lowest BCUT2D eigenvalue weighted by atomic mass is 9.87. The van der Waals surface area contributed by atoms with Crippen LogP contribution in [0.15, 0.2) is 53.4 Å². The highest BCUT2D eigenvalue weighted by molar-refractivity contribution is 7.92. The number of ether oxygens (including phenoxy) is 1. The summed E-state index contributed by atoms with van der Waals surface area (Å²) >= 11 is 0. The van der Waals surface area contributed by atoms with E-state index in [-0.39, 0.29) is 27.8 Å². The molecule has 200 valence electrons. The summed E-state index contributed by atoms with van der Waals surface area (Å²) in [4.78, 5) is 11.5. The number of allylic oxidation sites excluding steroid dienone is 2. The van der Waals surface area contributed by atoms with E-state index in [2.05, 4.69) is 22.9 Å². The molecule has 0 heterocycles. The predicted octanol–water partition coefficient (Wildman–Crippen LogP) is 7.30. The molecule has 37 heavy (non-hydrogen) atoms. The Labute approximate surface area is 221 Å². The van der Waals surface area contributed by atoms with Crippen LogP contribution in [0, 0.1) is 18.8 Å². The molecule has 0 amide bonds. The highest BCUT2D eigenvalue weighted by atomic mass is 32.2. The Morgan fingerprint density at radius 2 is 1.73 bits per heavy atom. The van der Waals surface area contributed by atoms with Gasteiger partial charge < -0.3 is 9.84 Å². The van der Waals surface area contributed by atoms with Gasteiger partial charge in [0.05, 0.1) is 23.3 Å². The molecule has 2 aliphatic rings. The monoisotopic (exact) mass is 525 g/mol. The Morgan fingerprint density at radius 1 is 0.973 bits per heavy atom. The van der Waals surface area contributed by atoms with Crippen molar-refractivity contribution in [3.63, 3.8) is 0 Å². The normalized spacial score (nSPS) is 21.1. The molecule has 0 bridgehead atoms. The third-order valence-electron chi connectivity index (χ3n) is 7.82. The van der Waals surface area contributed by atoms with Crippen LogP contribution < -0.4 is 9.46 Å². The number of benzene rings is 2. The molecule has 0 spiro atoms. The van der Waals surface area contributed by atoms with Gasteiger partial charge in [0.25, 0.3) is 10.0 Å². The molecule has 0 aromatic heterocycles. The Bertz CT molecular complexity index is 1230. The molecule has 2 atom stereocenters. The number of aryl methyl sites for hydroxylation is 1. The lowest BCUT2D eigenvalue weighted by Gasteiger charge is -2.19. The van der Waals surface area contributed by atoms with Crippen molar-refractivity contribution >= 4 is 21.7 Å². The number of aromatic carboxylic acids is 1. The maximum absolute atomic E-state index is 13.3. The number of hydrogen-bond donors (Lipinski definition) is 2. The van der Waals surface area contributed by atoms with Gasteiger partial charge in [-0.25, -0.2) is 13.2 Å². The standard InChI is InChI=1S/C30H39NO5S/c1-21-16-26(24-11-7-10-23(12-13-24)18-22-8-5-3-4-6-9-22)19-27(17-21)37(34,35)31-28-15-14-25(30(32)33)20-29(28)36-2/h12-17,19-20,22-24,31H,3-11,18H2,1-2H3,(H,32,33). The fourth-order valence-electron chi connectivity index (χ4n) is 5.84. The fraction of sp³-hybridized carbons (Fsp3) is 0.500. The highest BCUT2D eigenvalue weighted by Gasteiger charge is 2.23. The summed E-state index contributed by atoms with van der Waals surface area (Å²) in [7, 11) is -2.53. The van der Waals surface area contributed by atoms with E-state index in [9.17, 15) is 18.3 Å². The topological polar surface area (TPSA) is 92.7 Å². The van der Waals surface area contributed by atoms with E-state index in [0.717, 1.165) is 29.9 Å². The number of nitrogens with one attached hydrogen (secondary N) is 1. The molecule has 2 aromatic carbocycles. The first-order valence-electron chi connectivity index (χ1n) is 13.5. The van der Waals surface area contributed by atoms with Crippen LogP contribution in [0.4, 0.5) is 5.69 Å². The van der Waals surface area contributed by atoms with Crippen molar-refractivity contribution in [3.8, 4) is 5.75 Å². The van der Waals surface area contributed by atoms with E-state index in [4.69, 9.17) is 4.74 Å². The summed E-state index contributed by atoms with van der Waals surface area (Å²) < 4.78 is 34.5. The molecule has 4 rings (SSSR count). The molecule has 2 aromatic rings. The number of methoxy groups -OCH3 is 1. The third kappa shape index (κ3) is 7.16. The Morgan fingerprint density at radius 3 is 2.43 bits per heavy atom. The average molecular weight is 526 g/mol. The van der Waals surface area contributed by atoms with Crippen LogP contribution in [0.2, 0.25) is 0 Å². The van der Waals surface area contributed by atoms with Crippen molar-refractivity contribution in [3.05, 3.63) is 65.2 Å². The zero-order valence-corrected chi connectivity index (χ0v) is 22.7. The van der Waals surface area contributed by atoms with Crippen molar-refractivity contribution < 1.29 is 23.1 Å². The van der Waals surface area contributed by atoms with Gasteiger partial charge in [0.1, 0.15) is 5.75 Å². The number of anilines is 1. The Hall–Kier alpha value is -2.80. The smallest absolute Gasteiger partial charge is 0.335 e. The van der Waals surface area contributed by atoms with Crippen molar-refractivity contribution in [2.75, 3.05) is 11.8 Å². The summed E-state index contributed by atoms with van der Waals surface area (Å²) in [6.07, 6.45) is 17.6. The minimum atomic E-state index is -3.91. The highest BCUT2D eigenvalue weighted by Crippen LogP contribution is 2.36. The first-order chi connectivity index (χ1) is 17.7. The van der Waals surface area contributed by atoms with Crippen LogP contribution in [0.3, 0.4) is 0 Å². The summed E-state index contributed by atoms with van der Waals surface area (Å²) in [5, 5.41) is 9.22. The van der Waals surface area contributed by atoms with Gasteiger partial charge in [-0.3, -0.25) is 4.72 Å². The number of hydrogen-bond acceptors (Lipinski definition) is 4. The fourth-order valence-corrected chi connectivity index (χ4v) is 7.05. The van der Waals surface area contributed by atoms with Crippen molar-refractivity contribution in [2.24, 2.45) is 11.8 Å². The number of sulfonamides is 1. The molecule has 2 unspecified atom stereocenters. The second kappa shape index (κ2) is 12.2. The van der Waals surface area contributed by atoms with Crippen LogP contribution in [-0.2, 0) is 10.0 Å². The average Bonchev–Trinajstić information content (AvgIpc) is 3.27. The minimum absolute atomic E-state index is 0.0233. The molecule has 2 N–H and O–H groups in total. The van der Waals surface area contributed by atoms with Crippen LogP contribution in [-0.4, -0.2) is 26.6 Å². The molecule has 1 saturated carbocycles. The molecule has 0 radical (unpaired) electrons. The number of rotatable bonds is 8. The van der Waals surface area contributed by atoms with E-state index >= 15 is 0 Å². The minimum Gasteiger partial charge on any atom is -0.495 e. The van der Waals surface area contributed by atoms with Crippen molar-refractivity contribution in [1.29, 1.82) is 0 Å². The van der Waals surface area contributed by atoms with Gasteiger partial charge in [0, 0.05) is 5.92 Å². The Balaban J connectivity index is 1.52. The van der Waals surface area contributed by atoms with Gasteiger partial charge >= 0.3 is 5.97 Å².